The smallest absolute Gasteiger partial charge is 0.309 e. The number of ether oxygens (including phenoxy) is 1. The van der Waals surface area contributed by atoms with Gasteiger partial charge in [0.1, 0.15) is 0 Å². The Bertz CT molecular complexity index is 529. The molecule has 1 heterocycles. The topological polar surface area (TPSA) is 46.5 Å². The van der Waals surface area contributed by atoms with Crippen molar-refractivity contribution in [1.29, 1.82) is 0 Å². The summed E-state index contributed by atoms with van der Waals surface area (Å²) in [5.41, 5.74) is -0.892. The van der Waals surface area contributed by atoms with Crippen LogP contribution in [-0.2, 0) is 9.53 Å². The van der Waals surface area contributed by atoms with E-state index in [-0.39, 0.29) is 22.5 Å². The Morgan fingerprint density at radius 1 is 1.09 bits per heavy atom. The quantitative estimate of drug-likeness (QED) is 0.743. The van der Waals surface area contributed by atoms with Crippen molar-refractivity contribution < 1.29 is 14.6 Å². The Hall–Kier alpha value is -0.830. The molecule has 3 heteroatoms. The maximum absolute atomic E-state index is 12.0. The van der Waals surface area contributed by atoms with E-state index in [0.717, 1.165) is 44.9 Å². The van der Waals surface area contributed by atoms with Gasteiger partial charge in [-0.15, -0.1) is 6.58 Å². The van der Waals surface area contributed by atoms with E-state index >= 15 is 0 Å². The maximum Gasteiger partial charge on any atom is 0.309 e. The van der Waals surface area contributed by atoms with Crippen LogP contribution in [0.1, 0.15) is 72.6 Å². The SMILES string of the molecule is C=C[C@]1(C)CCC2[C@@]3(C)CCC[C@@](C)(C(=O)O)C3CC[C@@]2(C)O1. The molecular formula is C20H32O3. The van der Waals surface area contributed by atoms with E-state index in [4.69, 9.17) is 4.74 Å². The van der Waals surface area contributed by atoms with Crippen LogP contribution in [0.5, 0.6) is 0 Å². The lowest BCUT2D eigenvalue weighted by atomic mass is 9.44. The van der Waals surface area contributed by atoms with Gasteiger partial charge in [-0.25, -0.2) is 0 Å². The second-order valence-corrected chi connectivity index (χ2v) is 9.20. The molecule has 0 aromatic rings. The molecule has 6 atom stereocenters. The molecule has 0 bridgehead atoms. The van der Waals surface area contributed by atoms with Crippen molar-refractivity contribution in [2.75, 3.05) is 0 Å². The van der Waals surface area contributed by atoms with E-state index in [1.807, 2.05) is 13.0 Å². The number of hydrogen-bond donors (Lipinski definition) is 1. The van der Waals surface area contributed by atoms with Crippen molar-refractivity contribution in [2.24, 2.45) is 22.7 Å². The van der Waals surface area contributed by atoms with Crippen molar-refractivity contribution in [3.8, 4) is 0 Å². The lowest BCUT2D eigenvalue weighted by Gasteiger charge is -2.64. The van der Waals surface area contributed by atoms with E-state index in [9.17, 15) is 9.90 Å². The fraction of sp³-hybridized carbons (Fsp3) is 0.850. The average Bonchev–Trinajstić information content (AvgIpc) is 2.45. The van der Waals surface area contributed by atoms with Crippen LogP contribution >= 0.6 is 0 Å². The predicted molar refractivity (Wildman–Crippen MR) is 91.2 cm³/mol. The highest BCUT2D eigenvalue weighted by molar-refractivity contribution is 5.75. The van der Waals surface area contributed by atoms with E-state index in [1.54, 1.807) is 0 Å². The summed E-state index contributed by atoms with van der Waals surface area (Å²) in [7, 11) is 0. The Morgan fingerprint density at radius 2 is 1.74 bits per heavy atom. The number of rotatable bonds is 2. The van der Waals surface area contributed by atoms with Crippen molar-refractivity contribution >= 4 is 5.97 Å². The summed E-state index contributed by atoms with van der Waals surface area (Å²) in [5.74, 6) is 0.0986. The van der Waals surface area contributed by atoms with Crippen LogP contribution in [0.2, 0.25) is 0 Å². The maximum atomic E-state index is 12.0. The second kappa shape index (κ2) is 5.08. The van der Waals surface area contributed by atoms with Crippen molar-refractivity contribution in [3.05, 3.63) is 12.7 Å². The van der Waals surface area contributed by atoms with E-state index in [0.29, 0.717) is 5.92 Å². The fourth-order valence-corrected chi connectivity index (χ4v) is 6.45. The molecule has 1 saturated heterocycles. The molecule has 1 N–H and O–H groups in total. The van der Waals surface area contributed by atoms with Gasteiger partial charge in [0.25, 0.3) is 0 Å². The summed E-state index contributed by atoms with van der Waals surface area (Å²) >= 11 is 0. The zero-order chi connectivity index (χ0) is 17.1. The number of carboxylic acid groups (broad SMARTS) is 1. The Balaban J connectivity index is 1.97. The highest BCUT2D eigenvalue weighted by Gasteiger charge is 2.63. The van der Waals surface area contributed by atoms with Crippen molar-refractivity contribution in [3.63, 3.8) is 0 Å². The van der Waals surface area contributed by atoms with Crippen LogP contribution in [0.15, 0.2) is 12.7 Å². The minimum atomic E-state index is -0.607. The largest absolute Gasteiger partial charge is 0.481 e. The summed E-state index contributed by atoms with van der Waals surface area (Å²) < 4.78 is 6.59. The molecule has 1 aliphatic heterocycles. The van der Waals surface area contributed by atoms with Crippen molar-refractivity contribution in [2.45, 2.75) is 83.8 Å². The second-order valence-electron chi connectivity index (χ2n) is 9.20. The molecule has 23 heavy (non-hydrogen) atoms. The van der Waals surface area contributed by atoms with Crippen LogP contribution in [-0.4, -0.2) is 22.3 Å². The molecule has 2 unspecified atom stereocenters. The minimum absolute atomic E-state index is 0.0703. The third-order valence-corrected chi connectivity index (χ3v) is 7.76. The van der Waals surface area contributed by atoms with Gasteiger partial charge in [-0.1, -0.05) is 19.4 Å². The molecule has 0 amide bonds. The summed E-state index contributed by atoms with van der Waals surface area (Å²) in [6.07, 6.45) is 8.94. The standard InChI is InChI=1S/C20H32O3/c1-6-17(2)12-8-15-18(3)10-7-11-19(4,16(21)22)14(18)9-13-20(15,5)23-17/h6,14-15H,1,7-13H2,2-5H3,(H,21,22)/t14?,15?,17-,18+,19-,20-/m1/s1. The van der Waals surface area contributed by atoms with Gasteiger partial charge in [-0.2, -0.15) is 0 Å². The zero-order valence-electron chi connectivity index (χ0n) is 15.2. The normalized spacial score (nSPS) is 53.0. The third kappa shape index (κ3) is 2.30. The Morgan fingerprint density at radius 3 is 2.35 bits per heavy atom. The molecule has 3 rings (SSSR count). The molecular weight excluding hydrogens is 288 g/mol. The fourth-order valence-electron chi connectivity index (χ4n) is 6.45. The van der Waals surface area contributed by atoms with Crippen LogP contribution in [0.3, 0.4) is 0 Å². The Labute approximate surface area is 140 Å². The summed E-state index contributed by atoms with van der Waals surface area (Å²) in [4.78, 5) is 12.0. The number of aliphatic carboxylic acids is 1. The first-order valence-electron chi connectivity index (χ1n) is 9.17. The van der Waals surface area contributed by atoms with Crippen molar-refractivity contribution in [1.82, 2.24) is 0 Å². The molecule has 0 spiro atoms. The lowest BCUT2D eigenvalue weighted by Crippen LogP contribution is -2.63. The molecule has 3 fully saturated rings. The van der Waals surface area contributed by atoms with Crippen LogP contribution in [0.4, 0.5) is 0 Å². The van der Waals surface area contributed by atoms with E-state index in [1.165, 1.54) is 0 Å². The lowest BCUT2D eigenvalue weighted by molar-refractivity contribution is -0.254. The number of hydrogen-bond acceptors (Lipinski definition) is 2. The summed E-state index contributed by atoms with van der Waals surface area (Å²) in [6.45, 7) is 12.7. The van der Waals surface area contributed by atoms with Crippen LogP contribution in [0.25, 0.3) is 0 Å². The highest BCUT2D eigenvalue weighted by atomic mass is 16.5. The monoisotopic (exact) mass is 320 g/mol. The van der Waals surface area contributed by atoms with Gasteiger partial charge < -0.3 is 9.84 Å². The number of carbonyl (C=O) groups is 1. The van der Waals surface area contributed by atoms with Gasteiger partial charge in [0.15, 0.2) is 0 Å². The van der Waals surface area contributed by atoms with E-state index in [2.05, 4.69) is 27.4 Å². The number of fused-ring (bicyclic) bond motifs is 3. The molecule has 2 aliphatic carbocycles. The predicted octanol–water partition coefficient (Wildman–Crippen LogP) is 4.81. The first kappa shape index (κ1) is 17.0. The first-order valence-corrected chi connectivity index (χ1v) is 9.17. The molecule has 0 radical (unpaired) electrons. The van der Waals surface area contributed by atoms with Crippen LogP contribution < -0.4 is 0 Å². The van der Waals surface area contributed by atoms with Gasteiger partial charge in [0, 0.05) is 0 Å². The van der Waals surface area contributed by atoms with Gasteiger partial charge >= 0.3 is 5.97 Å². The molecule has 3 aliphatic rings. The average molecular weight is 320 g/mol. The van der Waals surface area contributed by atoms with Gasteiger partial charge in [-0.3, -0.25) is 4.79 Å². The minimum Gasteiger partial charge on any atom is -0.481 e. The zero-order valence-corrected chi connectivity index (χ0v) is 15.2. The van der Waals surface area contributed by atoms with Gasteiger partial charge in [0.2, 0.25) is 0 Å². The number of carboxylic acids is 1. The molecule has 130 valence electrons. The molecule has 3 nitrogen and oxygen atoms in total. The molecule has 2 saturated carbocycles. The third-order valence-electron chi connectivity index (χ3n) is 7.76. The first-order chi connectivity index (χ1) is 10.6. The summed E-state index contributed by atoms with van der Waals surface area (Å²) in [5, 5.41) is 9.89. The van der Waals surface area contributed by atoms with Gasteiger partial charge in [0.05, 0.1) is 16.6 Å². The molecule has 0 aromatic carbocycles. The highest BCUT2D eigenvalue weighted by Crippen LogP contribution is 2.65. The molecule has 0 aromatic heterocycles. The summed E-state index contributed by atoms with van der Waals surface area (Å²) in [6, 6.07) is 0. The Kier molecular flexibility index (Phi) is 3.76. The van der Waals surface area contributed by atoms with Gasteiger partial charge in [-0.05, 0) is 76.5 Å². The van der Waals surface area contributed by atoms with Crippen LogP contribution in [0, 0.1) is 22.7 Å². The van der Waals surface area contributed by atoms with E-state index < -0.39 is 11.4 Å².